The van der Waals surface area contributed by atoms with Gasteiger partial charge in [-0.3, -0.25) is 4.79 Å². The molecule has 0 spiro atoms. The third-order valence-electron chi connectivity index (χ3n) is 9.16. The van der Waals surface area contributed by atoms with Crippen molar-refractivity contribution in [2.45, 2.75) is 64.0 Å². The molecule has 6 heteroatoms. The van der Waals surface area contributed by atoms with Gasteiger partial charge in [0, 0.05) is 41.8 Å². The highest BCUT2D eigenvalue weighted by Crippen LogP contribution is 2.50. The fraction of sp³-hybridized carbons (Fsp3) is 0.484. The van der Waals surface area contributed by atoms with E-state index in [9.17, 15) is 4.79 Å². The van der Waals surface area contributed by atoms with Gasteiger partial charge in [-0.15, -0.1) is 0 Å². The van der Waals surface area contributed by atoms with E-state index in [-0.39, 0.29) is 5.91 Å². The molecule has 37 heavy (non-hydrogen) atoms. The molecular formula is C31H37BrN4O. The summed E-state index contributed by atoms with van der Waals surface area (Å²) < 4.78 is 3.38. The van der Waals surface area contributed by atoms with Crippen molar-refractivity contribution in [1.29, 1.82) is 0 Å². The number of fused-ring (bicyclic) bond motifs is 3. The molecule has 0 aliphatic carbocycles. The average Bonchev–Trinajstić information content (AvgIpc) is 3.65. The van der Waals surface area contributed by atoms with Crippen LogP contribution in [0.15, 0.2) is 59.2 Å². The molecule has 0 N–H and O–H groups in total. The fourth-order valence-electron chi connectivity index (χ4n) is 7.09. The summed E-state index contributed by atoms with van der Waals surface area (Å²) >= 11 is 3.61. The predicted octanol–water partition coefficient (Wildman–Crippen LogP) is 6.23. The van der Waals surface area contributed by atoms with Crippen LogP contribution in [-0.4, -0.2) is 57.5 Å². The van der Waals surface area contributed by atoms with Crippen molar-refractivity contribution in [3.8, 4) is 11.4 Å². The Kier molecular flexibility index (Phi) is 6.74. The number of carbonyl (C=O) groups excluding carboxylic acids is 1. The van der Waals surface area contributed by atoms with Gasteiger partial charge in [0.05, 0.1) is 11.2 Å². The standard InChI is InChI=1S/C31H37BrN4O/c1-22-21-36-30(33-22)27-7-3-4-8-28(27)31(36,25-9-11-26(32)12-10-25)16-13-29(37)35-19-14-24(15-20-35)23(2)34-17-5-6-18-34/h3-4,7-12,21,23-24H,5-6,13-20H2,1-2H3. The molecule has 2 aromatic carbocycles. The molecule has 3 aliphatic rings. The van der Waals surface area contributed by atoms with Gasteiger partial charge in [-0.1, -0.05) is 52.3 Å². The van der Waals surface area contributed by atoms with Gasteiger partial charge in [0.2, 0.25) is 5.91 Å². The number of benzene rings is 2. The molecule has 0 bridgehead atoms. The van der Waals surface area contributed by atoms with E-state index in [4.69, 9.17) is 4.98 Å². The number of carbonyl (C=O) groups is 1. The SMILES string of the molecule is Cc1cn2c(n1)-c1ccccc1C2(CCC(=O)N1CCC(C(C)N2CCCC2)CC1)c1ccc(Br)cc1. The van der Waals surface area contributed by atoms with Crippen LogP contribution in [0.1, 0.15) is 62.3 Å². The molecule has 0 radical (unpaired) electrons. The first kappa shape index (κ1) is 24.9. The van der Waals surface area contributed by atoms with E-state index in [2.05, 4.69) is 98.9 Å². The van der Waals surface area contributed by atoms with E-state index in [1.807, 2.05) is 0 Å². The molecule has 1 aromatic heterocycles. The van der Waals surface area contributed by atoms with Crippen molar-refractivity contribution in [1.82, 2.24) is 19.4 Å². The maximum absolute atomic E-state index is 13.6. The Balaban J connectivity index is 1.24. The number of amides is 1. The quantitative estimate of drug-likeness (QED) is 0.359. The molecule has 4 heterocycles. The van der Waals surface area contributed by atoms with Gasteiger partial charge < -0.3 is 14.4 Å². The van der Waals surface area contributed by atoms with E-state index in [1.165, 1.54) is 42.6 Å². The van der Waals surface area contributed by atoms with Crippen molar-refractivity contribution in [3.63, 3.8) is 0 Å². The molecule has 3 aromatic rings. The van der Waals surface area contributed by atoms with Crippen LogP contribution in [0.4, 0.5) is 0 Å². The van der Waals surface area contributed by atoms with Crippen molar-refractivity contribution in [2.24, 2.45) is 5.92 Å². The van der Waals surface area contributed by atoms with Gasteiger partial charge in [0.1, 0.15) is 5.82 Å². The summed E-state index contributed by atoms with van der Waals surface area (Å²) in [5.41, 5.74) is 4.18. The first-order valence-corrected chi connectivity index (χ1v) is 14.7. The second kappa shape index (κ2) is 10.0. The molecule has 0 saturated carbocycles. The average molecular weight is 562 g/mol. The largest absolute Gasteiger partial charge is 0.343 e. The minimum absolute atomic E-state index is 0.284. The summed E-state index contributed by atoms with van der Waals surface area (Å²) in [6.45, 7) is 8.72. The molecule has 6 rings (SSSR count). The molecule has 194 valence electrons. The Labute approximate surface area is 229 Å². The predicted molar refractivity (Wildman–Crippen MR) is 152 cm³/mol. The summed E-state index contributed by atoms with van der Waals surface area (Å²) in [6.07, 6.45) is 8.31. The highest BCUT2D eigenvalue weighted by Gasteiger charge is 2.45. The van der Waals surface area contributed by atoms with Crippen LogP contribution < -0.4 is 0 Å². The minimum atomic E-state index is -0.438. The Morgan fingerprint density at radius 1 is 1.05 bits per heavy atom. The molecule has 2 fully saturated rings. The second-order valence-corrected chi connectivity index (χ2v) is 12.1. The number of likely N-dealkylation sites (tertiary alicyclic amines) is 2. The van der Waals surface area contributed by atoms with Gasteiger partial charge in [-0.25, -0.2) is 4.98 Å². The van der Waals surface area contributed by atoms with Gasteiger partial charge in [0.25, 0.3) is 0 Å². The topological polar surface area (TPSA) is 41.4 Å². The Morgan fingerprint density at radius 2 is 1.76 bits per heavy atom. The summed E-state index contributed by atoms with van der Waals surface area (Å²) in [5.74, 6) is 1.99. The molecule has 1 amide bonds. The van der Waals surface area contributed by atoms with Crippen LogP contribution in [-0.2, 0) is 10.3 Å². The maximum atomic E-state index is 13.6. The van der Waals surface area contributed by atoms with Crippen molar-refractivity contribution in [2.75, 3.05) is 26.2 Å². The van der Waals surface area contributed by atoms with E-state index in [0.29, 0.717) is 18.4 Å². The normalized spacial score (nSPS) is 22.7. The lowest BCUT2D eigenvalue weighted by Crippen LogP contribution is -2.45. The monoisotopic (exact) mass is 560 g/mol. The Morgan fingerprint density at radius 3 is 2.49 bits per heavy atom. The zero-order chi connectivity index (χ0) is 25.6. The van der Waals surface area contributed by atoms with Gasteiger partial charge >= 0.3 is 0 Å². The first-order chi connectivity index (χ1) is 18.0. The summed E-state index contributed by atoms with van der Waals surface area (Å²) in [5, 5.41) is 0. The number of piperidine rings is 1. The number of halogens is 1. The van der Waals surface area contributed by atoms with E-state index in [0.717, 1.165) is 48.3 Å². The van der Waals surface area contributed by atoms with E-state index >= 15 is 0 Å². The van der Waals surface area contributed by atoms with Crippen LogP contribution in [0, 0.1) is 12.8 Å². The highest BCUT2D eigenvalue weighted by atomic mass is 79.9. The number of hydrogen-bond donors (Lipinski definition) is 0. The number of hydrogen-bond acceptors (Lipinski definition) is 3. The highest BCUT2D eigenvalue weighted by molar-refractivity contribution is 9.10. The van der Waals surface area contributed by atoms with Crippen molar-refractivity contribution >= 4 is 21.8 Å². The zero-order valence-corrected chi connectivity index (χ0v) is 23.6. The van der Waals surface area contributed by atoms with Gasteiger partial charge in [-0.05, 0) is 88.2 Å². The van der Waals surface area contributed by atoms with E-state index in [1.54, 1.807) is 0 Å². The molecule has 5 nitrogen and oxygen atoms in total. The lowest BCUT2D eigenvalue weighted by molar-refractivity contribution is -0.133. The smallest absolute Gasteiger partial charge is 0.222 e. The van der Waals surface area contributed by atoms with Crippen LogP contribution in [0.25, 0.3) is 11.4 Å². The Hall–Kier alpha value is -2.44. The minimum Gasteiger partial charge on any atom is -0.343 e. The van der Waals surface area contributed by atoms with Crippen LogP contribution in [0.5, 0.6) is 0 Å². The van der Waals surface area contributed by atoms with Crippen molar-refractivity contribution < 1.29 is 4.79 Å². The van der Waals surface area contributed by atoms with Crippen molar-refractivity contribution in [3.05, 3.63) is 76.0 Å². The number of nitrogens with zero attached hydrogens (tertiary/aromatic N) is 4. The van der Waals surface area contributed by atoms with Crippen LogP contribution in [0.2, 0.25) is 0 Å². The van der Waals surface area contributed by atoms with Crippen LogP contribution in [0.3, 0.4) is 0 Å². The molecule has 2 saturated heterocycles. The molecular weight excluding hydrogens is 524 g/mol. The van der Waals surface area contributed by atoms with Gasteiger partial charge in [-0.2, -0.15) is 0 Å². The zero-order valence-electron chi connectivity index (χ0n) is 22.0. The lowest BCUT2D eigenvalue weighted by Gasteiger charge is -2.39. The fourth-order valence-corrected chi connectivity index (χ4v) is 7.36. The van der Waals surface area contributed by atoms with Crippen LogP contribution >= 0.6 is 15.9 Å². The maximum Gasteiger partial charge on any atom is 0.222 e. The molecule has 2 atom stereocenters. The Bertz CT molecular complexity index is 1270. The third kappa shape index (κ3) is 4.36. The lowest BCUT2D eigenvalue weighted by atomic mass is 9.79. The van der Waals surface area contributed by atoms with Gasteiger partial charge in [0.15, 0.2) is 0 Å². The van der Waals surface area contributed by atoms with E-state index < -0.39 is 5.54 Å². The molecule has 3 aliphatic heterocycles. The summed E-state index contributed by atoms with van der Waals surface area (Å²) in [6, 6.07) is 17.8. The summed E-state index contributed by atoms with van der Waals surface area (Å²) in [7, 11) is 0. The first-order valence-electron chi connectivity index (χ1n) is 13.9. The second-order valence-electron chi connectivity index (χ2n) is 11.2. The molecule has 2 unspecified atom stereocenters. The number of aryl methyl sites for hydroxylation is 1. The number of imidazole rings is 1. The summed E-state index contributed by atoms with van der Waals surface area (Å²) in [4.78, 5) is 23.3. The number of aromatic nitrogens is 2. The number of rotatable bonds is 6. The third-order valence-corrected chi connectivity index (χ3v) is 9.69.